The van der Waals surface area contributed by atoms with E-state index in [1.165, 1.54) is 0 Å². The number of fused-ring (bicyclic) bond motifs is 2. The molecule has 2 aromatic heterocycles. The van der Waals surface area contributed by atoms with Crippen LogP contribution in [0.3, 0.4) is 0 Å². The minimum Gasteiger partial charge on any atom is -0.477 e. The van der Waals surface area contributed by atoms with Gasteiger partial charge in [0.05, 0.1) is 42.0 Å². The van der Waals surface area contributed by atoms with E-state index in [-0.39, 0.29) is 59.5 Å². The zero-order valence-corrected chi connectivity index (χ0v) is 26.7. The number of halogens is 6. The van der Waals surface area contributed by atoms with Crippen molar-refractivity contribution in [1.82, 2.24) is 24.8 Å². The third-order valence-corrected chi connectivity index (χ3v) is 9.95. The van der Waals surface area contributed by atoms with E-state index in [4.69, 9.17) is 36.5 Å². The van der Waals surface area contributed by atoms with Gasteiger partial charge in [0.25, 0.3) is 0 Å². The number of anilines is 2. The normalized spacial score (nSPS) is 26.0. The predicted molar refractivity (Wildman–Crippen MR) is 165 cm³/mol. The molecule has 4 aliphatic rings. The van der Waals surface area contributed by atoms with Crippen LogP contribution in [-0.4, -0.2) is 109 Å². The van der Waals surface area contributed by atoms with Crippen LogP contribution in [-0.2, 0) is 10.9 Å². The standard InChI is InChI=1S/C31H35ClF5N7O3/c1-42(2)6-7-44-21-14-45-12-16(21)13-46-28-22-26(24(34)25(39-28)19-8-18(38)9-20(32)23(19)31(35,36)37)40-29(41-27(22)44)47-15-30-4-3-5-43(30)11-17(33)10-30/h8-9,16-17,21H,3-7,10-15,38H2,1-2H3/t16?,17-,21?,30+/m1/s1. The van der Waals surface area contributed by atoms with Gasteiger partial charge in [-0.25, -0.2) is 13.8 Å². The lowest BCUT2D eigenvalue weighted by molar-refractivity contribution is -0.137. The highest BCUT2D eigenvalue weighted by Crippen LogP contribution is 2.47. The first-order valence-electron chi connectivity index (χ1n) is 15.6. The number of hydrogen-bond donors (Lipinski definition) is 1. The maximum atomic E-state index is 16.8. The molecule has 3 saturated heterocycles. The Bertz CT molecular complexity index is 1700. The van der Waals surface area contributed by atoms with Crippen molar-refractivity contribution in [2.75, 3.05) is 77.3 Å². The van der Waals surface area contributed by atoms with E-state index in [0.29, 0.717) is 39.3 Å². The average Bonchev–Trinajstić information content (AvgIpc) is 3.68. The largest absolute Gasteiger partial charge is 0.477 e. The van der Waals surface area contributed by atoms with Crippen LogP contribution in [0.1, 0.15) is 24.8 Å². The second kappa shape index (κ2) is 12.0. The minimum atomic E-state index is -4.96. The van der Waals surface area contributed by atoms with Gasteiger partial charge in [0, 0.05) is 43.2 Å². The lowest BCUT2D eigenvalue weighted by Crippen LogP contribution is -2.47. The summed E-state index contributed by atoms with van der Waals surface area (Å²) in [6.07, 6.45) is -4.05. The quantitative estimate of drug-likeness (QED) is 0.276. The summed E-state index contributed by atoms with van der Waals surface area (Å²) in [4.78, 5) is 19.6. The molecular formula is C31H35ClF5N7O3. The average molecular weight is 684 g/mol. The Morgan fingerprint density at radius 3 is 2.74 bits per heavy atom. The van der Waals surface area contributed by atoms with E-state index in [9.17, 15) is 17.6 Å². The summed E-state index contributed by atoms with van der Waals surface area (Å²) >= 11 is 6.04. The first-order chi connectivity index (χ1) is 22.3. The Morgan fingerprint density at radius 1 is 1.17 bits per heavy atom. The number of ether oxygens (including phenoxy) is 3. The fraction of sp³-hybridized carbons (Fsp3) is 0.581. The summed E-state index contributed by atoms with van der Waals surface area (Å²) in [5.41, 5.74) is 2.28. The lowest BCUT2D eigenvalue weighted by atomic mass is 9.95. The number of aromatic nitrogens is 3. The first kappa shape index (κ1) is 32.3. The van der Waals surface area contributed by atoms with Crippen LogP contribution < -0.4 is 20.1 Å². The van der Waals surface area contributed by atoms with Crippen molar-refractivity contribution in [2.24, 2.45) is 5.92 Å². The summed E-state index contributed by atoms with van der Waals surface area (Å²) in [5.74, 6) is -1.17. The van der Waals surface area contributed by atoms with Gasteiger partial charge in [0.2, 0.25) is 5.88 Å². The second-order valence-corrected chi connectivity index (χ2v) is 13.5. The highest BCUT2D eigenvalue weighted by Gasteiger charge is 2.49. The minimum absolute atomic E-state index is 0.0667. The molecular weight excluding hydrogens is 649 g/mol. The molecule has 0 bridgehead atoms. The van der Waals surface area contributed by atoms with E-state index in [2.05, 4.69) is 14.9 Å². The Morgan fingerprint density at radius 2 is 1.98 bits per heavy atom. The van der Waals surface area contributed by atoms with Gasteiger partial charge in [0.1, 0.15) is 35.2 Å². The van der Waals surface area contributed by atoms with Crippen molar-refractivity contribution >= 4 is 34.0 Å². The number of nitrogens with zero attached hydrogens (tertiary/aromatic N) is 6. The molecule has 0 spiro atoms. The van der Waals surface area contributed by atoms with Gasteiger partial charge in [-0.1, -0.05) is 11.6 Å². The van der Waals surface area contributed by atoms with Crippen LogP contribution in [0.4, 0.5) is 33.5 Å². The number of pyridine rings is 1. The second-order valence-electron chi connectivity index (χ2n) is 13.1. The summed E-state index contributed by atoms with van der Waals surface area (Å²) in [6.45, 7) is 3.01. The molecule has 0 saturated carbocycles. The van der Waals surface area contributed by atoms with Crippen LogP contribution in [0.5, 0.6) is 11.9 Å². The molecule has 4 atom stereocenters. The summed E-state index contributed by atoms with van der Waals surface area (Å²) < 4.78 is 92.5. The molecule has 254 valence electrons. The van der Waals surface area contributed by atoms with Crippen molar-refractivity contribution in [3.8, 4) is 23.1 Å². The summed E-state index contributed by atoms with van der Waals surface area (Å²) in [7, 11) is 3.84. The van der Waals surface area contributed by atoms with Gasteiger partial charge in [-0.3, -0.25) is 4.90 Å². The number of hydrogen-bond acceptors (Lipinski definition) is 10. The monoisotopic (exact) mass is 683 g/mol. The molecule has 16 heteroatoms. The highest BCUT2D eigenvalue weighted by atomic mass is 35.5. The number of likely N-dealkylation sites (N-methyl/N-ethyl adjacent to an activating group) is 1. The van der Waals surface area contributed by atoms with Gasteiger partial charge < -0.3 is 29.7 Å². The van der Waals surface area contributed by atoms with Crippen LogP contribution in [0.2, 0.25) is 5.02 Å². The van der Waals surface area contributed by atoms with Crippen LogP contribution in [0.25, 0.3) is 22.2 Å². The molecule has 7 rings (SSSR count). The zero-order valence-electron chi connectivity index (χ0n) is 25.9. The highest BCUT2D eigenvalue weighted by molar-refractivity contribution is 6.32. The molecule has 3 aromatic rings. The number of rotatable bonds is 7. The van der Waals surface area contributed by atoms with Crippen molar-refractivity contribution in [3.05, 3.63) is 28.5 Å². The molecule has 0 aliphatic carbocycles. The van der Waals surface area contributed by atoms with Crippen LogP contribution in [0, 0.1) is 11.7 Å². The van der Waals surface area contributed by atoms with Gasteiger partial charge >= 0.3 is 12.2 Å². The van der Waals surface area contributed by atoms with Gasteiger partial charge in [-0.05, 0) is 45.6 Å². The zero-order chi connectivity index (χ0) is 33.2. The molecule has 0 radical (unpaired) electrons. The third kappa shape index (κ3) is 5.78. The first-order valence-corrected chi connectivity index (χ1v) is 15.9. The summed E-state index contributed by atoms with van der Waals surface area (Å²) in [6, 6.07) is 1.54. The SMILES string of the molecule is CN(C)CCN1c2nc(OC[C@@]34CCCN3C[C@H](F)C4)nc3c(F)c(-c4cc(N)cc(Cl)c4C(F)(F)F)nc(c23)OCC2COCC21. The Hall–Kier alpha value is -3.27. The van der Waals surface area contributed by atoms with E-state index < -0.39 is 45.5 Å². The molecule has 10 nitrogen and oxygen atoms in total. The van der Waals surface area contributed by atoms with Crippen molar-refractivity contribution in [1.29, 1.82) is 0 Å². The van der Waals surface area contributed by atoms with Crippen molar-refractivity contribution < 1.29 is 36.2 Å². The molecule has 4 aliphatic heterocycles. The molecule has 6 heterocycles. The maximum absolute atomic E-state index is 16.8. The van der Waals surface area contributed by atoms with Crippen molar-refractivity contribution in [2.45, 2.75) is 43.2 Å². The lowest BCUT2D eigenvalue weighted by Gasteiger charge is -2.36. The molecule has 2 N–H and O–H groups in total. The number of alkyl halides is 4. The molecule has 47 heavy (non-hydrogen) atoms. The van der Waals surface area contributed by atoms with Gasteiger partial charge in [-0.15, -0.1) is 0 Å². The topological polar surface area (TPSA) is 102 Å². The van der Waals surface area contributed by atoms with E-state index >= 15 is 4.39 Å². The molecule has 1 aromatic carbocycles. The van der Waals surface area contributed by atoms with Crippen LogP contribution in [0.15, 0.2) is 12.1 Å². The fourth-order valence-electron chi connectivity index (χ4n) is 7.42. The number of nitrogen functional groups attached to an aromatic ring is 1. The Balaban J connectivity index is 1.43. The van der Waals surface area contributed by atoms with E-state index in [1.54, 1.807) is 0 Å². The smallest absolute Gasteiger partial charge is 0.418 e. The molecule has 2 unspecified atom stereocenters. The van der Waals surface area contributed by atoms with E-state index in [1.807, 2.05) is 23.9 Å². The number of benzene rings is 1. The fourth-order valence-corrected chi connectivity index (χ4v) is 7.76. The van der Waals surface area contributed by atoms with Crippen molar-refractivity contribution in [3.63, 3.8) is 0 Å². The van der Waals surface area contributed by atoms with E-state index in [0.717, 1.165) is 31.5 Å². The number of nitrogens with two attached hydrogens (primary N) is 1. The Kier molecular flexibility index (Phi) is 8.25. The van der Waals surface area contributed by atoms with Crippen LogP contribution >= 0.6 is 11.6 Å². The Labute approximate surface area is 272 Å². The predicted octanol–water partition coefficient (Wildman–Crippen LogP) is 4.82. The van der Waals surface area contributed by atoms with Gasteiger partial charge in [-0.2, -0.15) is 23.1 Å². The maximum Gasteiger partial charge on any atom is 0.418 e. The third-order valence-electron chi connectivity index (χ3n) is 9.65. The van der Waals surface area contributed by atoms with Gasteiger partial charge in [0.15, 0.2) is 5.82 Å². The molecule has 3 fully saturated rings. The summed E-state index contributed by atoms with van der Waals surface area (Å²) in [5, 5.41) is -0.606. The molecule has 0 amide bonds.